The summed E-state index contributed by atoms with van der Waals surface area (Å²) in [6.45, 7) is 1.06. The van der Waals surface area contributed by atoms with E-state index in [4.69, 9.17) is 9.47 Å². The number of aromatic amines is 1. The molecule has 1 aliphatic rings. The van der Waals surface area contributed by atoms with E-state index in [-0.39, 0.29) is 6.61 Å². The number of carbonyl (C=O) groups excluding carboxylic acids is 1. The minimum absolute atomic E-state index is 0.266. The van der Waals surface area contributed by atoms with E-state index in [1.807, 2.05) is 42.5 Å². The molecule has 1 amide bonds. The second kappa shape index (κ2) is 8.16. The number of aromatic nitrogens is 1. The fraction of sp³-hybridized carbons (Fsp3) is 0.318. The van der Waals surface area contributed by atoms with Crippen LogP contribution in [0.25, 0.3) is 10.9 Å². The summed E-state index contributed by atoms with van der Waals surface area (Å²) < 4.78 is 10.9. The van der Waals surface area contributed by atoms with Crippen LogP contribution in [0.5, 0.6) is 5.75 Å². The minimum atomic E-state index is -0.435. The molecule has 0 unspecified atom stereocenters. The molecule has 2 N–H and O–H groups in total. The van der Waals surface area contributed by atoms with Crippen molar-refractivity contribution < 1.29 is 14.3 Å². The van der Waals surface area contributed by atoms with Gasteiger partial charge in [0.1, 0.15) is 19.0 Å². The third-order valence-corrected chi connectivity index (χ3v) is 4.92. The monoisotopic (exact) mass is 364 g/mol. The van der Waals surface area contributed by atoms with Crippen LogP contribution >= 0.6 is 0 Å². The number of carbonyl (C=O) groups is 1. The van der Waals surface area contributed by atoms with Gasteiger partial charge in [-0.1, -0.05) is 30.3 Å². The van der Waals surface area contributed by atoms with Crippen LogP contribution in [0.1, 0.15) is 29.7 Å². The standard InChI is InChI=1S/C22H24N2O3/c25-22(27-15-16-6-2-1-3-7-16)23-12-13-26-17-10-11-19-18-8-4-5-9-20(18)24-21(19)14-17/h1-3,6-7,10-11,14,24H,4-5,8-9,12-13,15H2,(H,23,25). The zero-order valence-electron chi connectivity index (χ0n) is 15.3. The van der Waals surface area contributed by atoms with E-state index in [2.05, 4.69) is 16.4 Å². The Labute approximate surface area is 158 Å². The average molecular weight is 364 g/mol. The van der Waals surface area contributed by atoms with Crippen molar-refractivity contribution in [2.45, 2.75) is 32.3 Å². The van der Waals surface area contributed by atoms with Gasteiger partial charge in [0.15, 0.2) is 0 Å². The zero-order valence-corrected chi connectivity index (χ0v) is 15.3. The highest BCUT2D eigenvalue weighted by Gasteiger charge is 2.15. The van der Waals surface area contributed by atoms with Gasteiger partial charge in [-0.2, -0.15) is 0 Å². The van der Waals surface area contributed by atoms with Crippen molar-refractivity contribution in [1.29, 1.82) is 0 Å². The predicted molar refractivity (Wildman–Crippen MR) is 105 cm³/mol. The summed E-state index contributed by atoms with van der Waals surface area (Å²) in [5.74, 6) is 0.806. The van der Waals surface area contributed by atoms with E-state index in [0.29, 0.717) is 13.2 Å². The SMILES string of the molecule is O=C(NCCOc1ccc2c3c([nH]c2c1)CCCC3)OCc1ccccc1. The Kier molecular flexibility index (Phi) is 5.28. The number of benzene rings is 2. The lowest BCUT2D eigenvalue weighted by Crippen LogP contribution is -2.28. The molecule has 0 aliphatic heterocycles. The Hall–Kier alpha value is -2.95. The minimum Gasteiger partial charge on any atom is -0.492 e. The number of fused-ring (bicyclic) bond motifs is 3. The maximum atomic E-state index is 11.7. The van der Waals surface area contributed by atoms with Gasteiger partial charge in [-0.15, -0.1) is 0 Å². The quantitative estimate of drug-likeness (QED) is 0.639. The van der Waals surface area contributed by atoms with Crippen LogP contribution in [0.4, 0.5) is 4.79 Å². The van der Waals surface area contributed by atoms with Gasteiger partial charge < -0.3 is 19.8 Å². The number of ether oxygens (including phenoxy) is 2. The molecule has 5 heteroatoms. The fourth-order valence-corrected chi connectivity index (χ4v) is 3.58. The largest absolute Gasteiger partial charge is 0.492 e. The Balaban J connectivity index is 1.24. The summed E-state index contributed by atoms with van der Waals surface area (Å²) in [4.78, 5) is 15.2. The van der Waals surface area contributed by atoms with Crippen LogP contribution < -0.4 is 10.1 Å². The first-order chi connectivity index (χ1) is 13.3. The lowest BCUT2D eigenvalue weighted by molar-refractivity contribution is 0.137. The number of nitrogens with one attached hydrogen (secondary N) is 2. The molecule has 5 nitrogen and oxygen atoms in total. The van der Waals surface area contributed by atoms with Gasteiger partial charge in [0.2, 0.25) is 0 Å². The zero-order chi connectivity index (χ0) is 18.5. The van der Waals surface area contributed by atoms with Crippen molar-refractivity contribution in [1.82, 2.24) is 10.3 Å². The Morgan fingerprint density at radius 2 is 1.93 bits per heavy atom. The van der Waals surface area contributed by atoms with Crippen molar-refractivity contribution in [3.05, 3.63) is 65.4 Å². The summed E-state index contributed by atoms with van der Waals surface area (Å²) in [6, 6.07) is 15.8. The number of rotatable bonds is 6. The van der Waals surface area contributed by atoms with Gasteiger partial charge in [0.05, 0.1) is 6.54 Å². The molecule has 1 aliphatic carbocycles. The Bertz CT molecular complexity index is 918. The molecule has 4 rings (SSSR count). The van der Waals surface area contributed by atoms with Crippen LogP contribution in [0.2, 0.25) is 0 Å². The lowest BCUT2D eigenvalue weighted by atomic mass is 9.96. The van der Waals surface area contributed by atoms with Gasteiger partial charge in [-0.3, -0.25) is 0 Å². The molecule has 1 heterocycles. The number of aryl methyl sites for hydroxylation is 2. The third-order valence-electron chi connectivity index (χ3n) is 4.92. The molecule has 0 fully saturated rings. The highest BCUT2D eigenvalue weighted by molar-refractivity contribution is 5.86. The second-order valence-electron chi connectivity index (χ2n) is 6.83. The topological polar surface area (TPSA) is 63.3 Å². The molecule has 3 aromatic rings. The van der Waals surface area contributed by atoms with E-state index in [9.17, 15) is 4.79 Å². The van der Waals surface area contributed by atoms with Crippen molar-refractivity contribution >= 4 is 17.0 Å². The molecule has 1 aromatic heterocycles. The number of hydrogen-bond acceptors (Lipinski definition) is 3. The summed E-state index contributed by atoms with van der Waals surface area (Å²) in [5, 5.41) is 4.01. The molecule has 0 atom stereocenters. The molecule has 140 valence electrons. The van der Waals surface area contributed by atoms with E-state index in [1.54, 1.807) is 0 Å². The van der Waals surface area contributed by atoms with Crippen molar-refractivity contribution in [3.63, 3.8) is 0 Å². The predicted octanol–water partition coefficient (Wildman–Crippen LogP) is 4.35. The highest BCUT2D eigenvalue weighted by atomic mass is 16.5. The van der Waals surface area contributed by atoms with Crippen LogP contribution in [0.3, 0.4) is 0 Å². The Morgan fingerprint density at radius 1 is 1.07 bits per heavy atom. The number of hydrogen-bond donors (Lipinski definition) is 2. The van der Waals surface area contributed by atoms with E-state index in [0.717, 1.165) is 29.7 Å². The van der Waals surface area contributed by atoms with Gasteiger partial charge >= 0.3 is 6.09 Å². The number of alkyl carbamates (subject to hydrolysis) is 1. The molecule has 2 aromatic carbocycles. The maximum Gasteiger partial charge on any atom is 0.407 e. The summed E-state index contributed by atoms with van der Waals surface area (Å²) >= 11 is 0. The van der Waals surface area contributed by atoms with Gasteiger partial charge in [0, 0.05) is 22.7 Å². The molecular weight excluding hydrogens is 340 g/mol. The van der Waals surface area contributed by atoms with E-state index < -0.39 is 6.09 Å². The van der Waals surface area contributed by atoms with Crippen LogP contribution in [-0.2, 0) is 24.2 Å². The Morgan fingerprint density at radius 3 is 2.81 bits per heavy atom. The fourth-order valence-electron chi connectivity index (χ4n) is 3.58. The first kappa shape index (κ1) is 17.5. The van der Waals surface area contributed by atoms with Gasteiger partial charge in [0.25, 0.3) is 0 Å². The first-order valence-corrected chi connectivity index (χ1v) is 9.50. The average Bonchev–Trinajstić information content (AvgIpc) is 3.08. The highest BCUT2D eigenvalue weighted by Crippen LogP contribution is 2.31. The molecule has 0 bridgehead atoms. The molecule has 0 saturated heterocycles. The molecule has 0 saturated carbocycles. The summed E-state index contributed by atoms with van der Waals surface area (Å²) in [5.41, 5.74) is 4.93. The number of H-pyrrole nitrogens is 1. The molecule has 0 radical (unpaired) electrons. The van der Waals surface area contributed by atoms with Crippen molar-refractivity contribution in [2.75, 3.05) is 13.2 Å². The smallest absolute Gasteiger partial charge is 0.407 e. The van der Waals surface area contributed by atoms with Crippen molar-refractivity contribution in [2.24, 2.45) is 0 Å². The van der Waals surface area contributed by atoms with Crippen LogP contribution in [0, 0.1) is 0 Å². The molecule has 0 spiro atoms. The maximum absolute atomic E-state index is 11.7. The molecule has 27 heavy (non-hydrogen) atoms. The third kappa shape index (κ3) is 4.25. The first-order valence-electron chi connectivity index (χ1n) is 9.50. The number of amides is 1. The summed E-state index contributed by atoms with van der Waals surface area (Å²) in [6.07, 6.45) is 4.38. The lowest BCUT2D eigenvalue weighted by Gasteiger charge is -2.10. The van der Waals surface area contributed by atoms with Gasteiger partial charge in [-0.05, 0) is 48.9 Å². The van der Waals surface area contributed by atoms with Crippen LogP contribution in [-0.4, -0.2) is 24.2 Å². The van der Waals surface area contributed by atoms with E-state index in [1.165, 1.54) is 29.5 Å². The van der Waals surface area contributed by atoms with Crippen LogP contribution in [0.15, 0.2) is 48.5 Å². The van der Waals surface area contributed by atoms with E-state index >= 15 is 0 Å². The van der Waals surface area contributed by atoms with Crippen molar-refractivity contribution in [3.8, 4) is 5.75 Å². The second-order valence-corrected chi connectivity index (χ2v) is 6.83. The normalized spacial score (nSPS) is 13.2. The summed E-state index contributed by atoms with van der Waals surface area (Å²) in [7, 11) is 0. The molecular formula is C22H24N2O3. The van der Waals surface area contributed by atoms with Gasteiger partial charge in [-0.25, -0.2) is 4.79 Å².